The molecule has 25 heavy (non-hydrogen) atoms. The van der Waals surface area contributed by atoms with Gasteiger partial charge in [-0.05, 0) is 38.1 Å². The second kappa shape index (κ2) is 6.84. The second-order valence-corrected chi connectivity index (χ2v) is 5.97. The molecule has 0 spiro atoms. The third-order valence-corrected chi connectivity index (χ3v) is 3.63. The molecule has 2 aromatic rings. The minimum absolute atomic E-state index is 0.179. The summed E-state index contributed by atoms with van der Waals surface area (Å²) >= 11 is 0. The van der Waals surface area contributed by atoms with Gasteiger partial charge in [0.2, 0.25) is 5.78 Å². The summed E-state index contributed by atoms with van der Waals surface area (Å²) in [5, 5.41) is 0. The molecule has 6 heteroatoms. The van der Waals surface area contributed by atoms with Crippen molar-refractivity contribution in [3.63, 3.8) is 0 Å². The molecule has 0 N–H and O–H groups in total. The Morgan fingerprint density at radius 2 is 2.12 bits per heavy atom. The standard InChI is InChI=1S/C19H19NO5/c1-12(2)24-18(21)11-23-14-6-7-15-16(10-14)25-17(19(15)22)9-13-5-4-8-20(13)3/h4-10,12H,11H2,1-3H3/b17-9+. The molecule has 1 aromatic carbocycles. The van der Waals surface area contributed by atoms with Gasteiger partial charge in [0.15, 0.2) is 12.4 Å². The van der Waals surface area contributed by atoms with E-state index in [1.807, 2.05) is 29.9 Å². The summed E-state index contributed by atoms with van der Waals surface area (Å²) in [5.41, 5.74) is 1.33. The first kappa shape index (κ1) is 16.8. The van der Waals surface area contributed by atoms with Gasteiger partial charge in [0.25, 0.3) is 0 Å². The average molecular weight is 341 g/mol. The number of benzene rings is 1. The number of nitrogens with zero attached hydrogens (tertiary/aromatic N) is 1. The summed E-state index contributed by atoms with van der Waals surface area (Å²) in [6, 6.07) is 8.64. The van der Waals surface area contributed by atoms with E-state index in [-0.39, 0.29) is 24.3 Å². The highest BCUT2D eigenvalue weighted by Gasteiger charge is 2.28. The van der Waals surface area contributed by atoms with Crippen LogP contribution in [-0.2, 0) is 16.6 Å². The Morgan fingerprint density at radius 3 is 2.80 bits per heavy atom. The van der Waals surface area contributed by atoms with E-state index in [4.69, 9.17) is 14.2 Å². The number of aryl methyl sites for hydroxylation is 1. The molecule has 2 heterocycles. The monoisotopic (exact) mass is 341 g/mol. The molecule has 6 nitrogen and oxygen atoms in total. The Morgan fingerprint density at radius 1 is 1.32 bits per heavy atom. The Balaban J connectivity index is 1.72. The molecular formula is C19H19NO5. The van der Waals surface area contributed by atoms with Crippen molar-refractivity contribution in [2.45, 2.75) is 20.0 Å². The number of ketones is 1. The Hall–Kier alpha value is -3.02. The Labute approximate surface area is 145 Å². The van der Waals surface area contributed by atoms with Crippen molar-refractivity contribution in [3.8, 4) is 11.5 Å². The summed E-state index contributed by atoms with van der Waals surface area (Å²) < 4.78 is 18.0. The third kappa shape index (κ3) is 3.74. The Bertz CT molecular complexity index is 847. The minimum Gasteiger partial charge on any atom is -0.482 e. The maximum absolute atomic E-state index is 12.4. The number of hydrogen-bond acceptors (Lipinski definition) is 5. The molecule has 0 atom stereocenters. The molecule has 3 rings (SSSR count). The van der Waals surface area contributed by atoms with Crippen LogP contribution in [0.1, 0.15) is 29.9 Å². The molecule has 0 saturated carbocycles. The molecule has 0 amide bonds. The number of esters is 1. The van der Waals surface area contributed by atoms with Gasteiger partial charge in [-0.1, -0.05) is 0 Å². The van der Waals surface area contributed by atoms with E-state index in [0.717, 1.165) is 5.69 Å². The van der Waals surface area contributed by atoms with Crippen molar-refractivity contribution < 1.29 is 23.8 Å². The van der Waals surface area contributed by atoms with E-state index in [1.165, 1.54) is 0 Å². The summed E-state index contributed by atoms with van der Waals surface area (Å²) in [7, 11) is 1.89. The Kier molecular flexibility index (Phi) is 4.61. The number of allylic oxidation sites excluding steroid dienone is 1. The number of aromatic nitrogens is 1. The maximum Gasteiger partial charge on any atom is 0.344 e. The molecule has 0 aliphatic carbocycles. The van der Waals surface area contributed by atoms with Crippen molar-refractivity contribution in [2.75, 3.05) is 6.61 Å². The molecular weight excluding hydrogens is 322 g/mol. The lowest BCUT2D eigenvalue weighted by atomic mass is 10.1. The van der Waals surface area contributed by atoms with Gasteiger partial charge in [0.05, 0.1) is 11.7 Å². The summed E-state index contributed by atoms with van der Waals surface area (Å²) in [5.74, 6) is 0.486. The van der Waals surface area contributed by atoms with Gasteiger partial charge in [-0.15, -0.1) is 0 Å². The fourth-order valence-corrected chi connectivity index (χ4v) is 2.45. The van der Waals surface area contributed by atoms with Crippen LogP contribution in [0, 0.1) is 0 Å². The second-order valence-electron chi connectivity index (χ2n) is 5.97. The average Bonchev–Trinajstić information content (AvgIpc) is 3.09. The SMILES string of the molecule is CC(C)OC(=O)COc1ccc2c(c1)O/C(=C/c1cccn1C)C2=O. The van der Waals surface area contributed by atoms with Crippen molar-refractivity contribution in [2.24, 2.45) is 7.05 Å². The third-order valence-electron chi connectivity index (χ3n) is 3.63. The summed E-state index contributed by atoms with van der Waals surface area (Å²) in [6.07, 6.45) is 3.39. The van der Waals surface area contributed by atoms with Crippen LogP contribution in [0.15, 0.2) is 42.3 Å². The van der Waals surface area contributed by atoms with Gasteiger partial charge in [-0.2, -0.15) is 0 Å². The van der Waals surface area contributed by atoms with Crippen LogP contribution in [-0.4, -0.2) is 29.0 Å². The number of carbonyl (C=O) groups is 2. The molecule has 0 saturated heterocycles. The summed E-state index contributed by atoms with van der Waals surface area (Å²) in [4.78, 5) is 23.9. The van der Waals surface area contributed by atoms with Gasteiger partial charge in [-0.25, -0.2) is 4.79 Å². The van der Waals surface area contributed by atoms with E-state index in [1.54, 1.807) is 38.1 Å². The fourth-order valence-electron chi connectivity index (χ4n) is 2.45. The van der Waals surface area contributed by atoms with Crippen LogP contribution in [0.2, 0.25) is 0 Å². The van der Waals surface area contributed by atoms with Gasteiger partial charge >= 0.3 is 5.97 Å². The highest BCUT2D eigenvalue weighted by Crippen LogP contribution is 2.34. The number of Topliss-reactive ketones (excluding diaryl/α,β-unsaturated/α-hetero) is 1. The van der Waals surface area contributed by atoms with Crippen LogP contribution in [0.4, 0.5) is 0 Å². The number of carbonyl (C=O) groups excluding carboxylic acids is 2. The topological polar surface area (TPSA) is 66.8 Å². The van der Waals surface area contributed by atoms with Gasteiger partial charge in [0.1, 0.15) is 11.5 Å². The number of rotatable bonds is 5. The van der Waals surface area contributed by atoms with Gasteiger partial charge in [-0.3, -0.25) is 4.79 Å². The van der Waals surface area contributed by atoms with Crippen LogP contribution in [0.25, 0.3) is 6.08 Å². The normalized spacial score (nSPS) is 14.6. The number of hydrogen-bond donors (Lipinski definition) is 0. The van der Waals surface area contributed by atoms with E-state index in [0.29, 0.717) is 17.1 Å². The first-order valence-corrected chi connectivity index (χ1v) is 7.96. The van der Waals surface area contributed by atoms with Crippen molar-refractivity contribution >= 4 is 17.8 Å². The van der Waals surface area contributed by atoms with E-state index in [2.05, 4.69) is 0 Å². The number of fused-ring (bicyclic) bond motifs is 1. The van der Waals surface area contributed by atoms with Crippen molar-refractivity contribution in [1.29, 1.82) is 0 Å². The van der Waals surface area contributed by atoms with E-state index < -0.39 is 5.97 Å². The van der Waals surface area contributed by atoms with Crippen molar-refractivity contribution in [1.82, 2.24) is 4.57 Å². The minimum atomic E-state index is -0.447. The first-order valence-electron chi connectivity index (χ1n) is 7.96. The first-order chi connectivity index (χ1) is 11.9. The lowest BCUT2D eigenvalue weighted by molar-refractivity contribution is -0.149. The van der Waals surface area contributed by atoms with Gasteiger partial charge in [0, 0.05) is 31.1 Å². The predicted molar refractivity (Wildman–Crippen MR) is 91.5 cm³/mol. The van der Waals surface area contributed by atoms with E-state index >= 15 is 0 Å². The van der Waals surface area contributed by atoms with Crippen LogP contribution in [0.3, 0.4) is 0 Å². The zero-order valence-corrected chi connectivity index (χ0v) is 14.3. The number of ether oxygens (including phenoxy) is 3. The summed E-state index contributed by atoms with van der Waals surface area (Å²) in [6.45, 7) is 3.34. The van der Waals surface area contributed by atoms with Crippen molar-refractivity contribution in [3.05, 3.63) is 53.5 Å². The molecule has 0 bridgehead atoms. The molecule has 0 unspecified atom stereocenters. The largest absolute Gasteiger partial charge is 0.482 e. The molecule has 1 aliphatic heterocycles. The van der Waals surface area contributed by atoms with Crippen LogP contribution in [0.5, 0.6) is 11.5 Å². The quantitative estimate of drug-likeness (QED) is 0.618. The highest BCUT2D eigenvalue weighted by atomic mass is 16.6. The molecule has 0 fully saturated rings. The van der Waals surface area contributed by atoms with Crippen LogP contribution < -0.4 is 9.47 Å². The maximum atomic E-state index is 12.4. The predicted octanol–water partition coefficient (Wildman–Crippen LogP) is 2.97. The smallest absolute Gasteiger partial charge is 0.344 e. The lowest BCUT2D eigenvalue weighted by Crippen LogP contribution is -2.18. The molecule has 1 aliphatic rings. The zero-order chi connectivity index (χ0) is 18.0. The highest BCUT2D eigenvalue weighted by molar-refractivity contribution is 6.14. The molecule has 130 valence electrons. The van der Waals surface area contributed by atoms with Crippen LogP contribution >= 0.6 is 0 Å². The zero-order valence-electron chi connectivity index (χ0n) is 14.3. The molecule has 0 radical (unpaired) electrons. The molecule has 1 aromatic heterocycles. The fraction of sp³-hybridized carbons (Fsp3) is 0.263. The van der Waals surface area contributed by atoms with E-state index in [9.17, 15) is 9.59 Å². The lowest BCUT2D eigenvalue weighted by Gasteiger charge is -2.09. The van der Waals surface area contributed by atoms with Gasteiger partial charge < -0.3 is 18.8 Å².